The molecule has 0 aromatic heterocycles. The van der Waals surface area contributed by atoms with Crippen molar-refractivity contribution in [3.8, 4) is 5.75 Å². The standard InChI is InChI=1S/C18H25N3O3/c1-3-24-16-7-5-4-6-15(16)19-17(22)13-12-14(13)18(23)21-10-8-20(2)9-11-21/h4-7,13-14H,3,8-12H2,1-2H3,(H,19,22). The molecule has 0 bridgehead atoms. The Hall–Kier alpha value is -2.08. The molecule has 1 saturated carbocycles. The summed E-state index contributed by atoms with van der Waals surface area (Å²) in [6, 6.07) is 7.39. The van der Waals surface area contributed by atoms with Crippen molar-refractivity contribution in [2.24, 2.45) is 11.8 Å². The van der Waals surface area contributed by atoms with Gasteiger partial charge in [-0.1, -0.05) is 12.1 Å². The van der Waals surface area contributed by atoms with Gasteiger partial charge in [0.1, 0.15) is 5.75 Å². The summed E-state index contributed by atoms with van der Waals surface area (Å²) in [6.45, 7) is 5.76. The lowest BCUT2D eigenvalue weighted by molar-refractivity contribution is -0.135. The smallest absolute Gasteiger partial charge is 0.228 e. The van der Waals surface area contributed by atoms with E-state index in [1.807, 2.05) is 36.1 Å². The molecule has 0 spiro atoms. The maximum Gasteiger partial charge on any atom is 0.228 e. The molecule has 1 heterocycles. The molecule has 1 aromatic carbocycles. The number of amides is 2. The van der Waals surface area contributed by atoms with Gasteiger partial charge in [-0.3, -0.25) is 9.59 Å². The molecule has 1 N–H and O–H groups in total. The van der Waals surface area contributed by atoms with Crippen molar-refractivity contribution in [1.29, 1.82) is 0 Å². The number of nitrogens with zero attached hydrogens (tertiary/aromatic N) is 2. The summed E-state index contributed by atoms with van der Waals surface area (Å²) in [5.74, 6) is 0.325. The van der Waals surface area contributed by atoms with Crippen LogP contribution in [0.1, 0.15) is 13.3 Å². The Morgan fingerprint density at radius 2 is 1.88 bits per heavy atom. The van der Waals surface area contributed by atoms with Crippen LogP contribution in [0.4, 0.5) is 5.69 Å². The van der Waals surface area contributed by atoms with Crippen LogP contribution in [0.25, 0.3) is 0 Å². The molecule has 2 atom stereocenters. The van der Waals surface area contributed by atoms with Gasteiger partial charge in [0.25, 0.3) is 0 Å². The SMILES string of the molecule is CCOc1ccccc1NC(=O)C1CC1C(=O)N1CCN(C)CC1. The highest BCUT2D eigenvalue weighted by Crippen LogP contribution is 2.41. The van der Waals surface area contributed by atoms with Gasteiger partial charge in [0, 0.05) is 26.2 Å². The normalized spacial score (nSPS) is 23.7. The number of likely N-dealkylation sites (N-methyl/N-ethyl adjacent to an activating group) is 1. The molecule has 6 heteroatoms. The van der Waals surface area contributed by atoms with Gasteiger partial charge in [-0.2, -0.15) is 0 Å². The highest BCUT2D eigenvalue weighted by molar-refractivity contribution is 6.00. The molecule has 1 aliphatic carbocycles. The second-order valence-corrected chi connectivity index (χ2v) is 6.50. The number of ether oxygens (including phenoxy) is 1. The molecular weight excluding hydrogens is 306 g/mol. The van der Waals surface area contributed by atoms with Crippen molar-refractivity contribution < 1.29 is 14.3 Å². The van der Waals surface area contributed by atoms with Crippen LogP contribution in [0.3, 0.4) is 0 Å². The molecule has 1 saturated heterocycles. The number of para-hydroxylation sites is 2. The maximum absolute atomic E-state index is 12.5. The average molecular weight is 331 g/mol. The van der Waals surface area contributed by atoms with Crippen LogP contribution in [0.5, 0.6) is 5.75 Å². The minimum atomic E-state index is -0.216. The number of carbonyl (C=O) groups excluding carboxylic acids is 2. The number of hydrogen-bond acceptors (Lipinski definition) is 4. The van der Waals surface area contributed by atoms with Gasteiger partial charge >= 0.3 is 0 Å². The number of nitrogens with one attached hydrogen (secondary N) is 1. The predicted octanol–water partition coefficient (Wildman–Crippen LogP) is 1.43. The van der Waals surface area contributed by atoms with Crippen LogP contribution < -0.4 is 10.1 Å². The largest absolute Gasteiger partial charge is 0.492 e. The third-order valence-electron chi connectivity index (χ3n) is 4.70. The molecule has 24 heavy (non-hydrogen) atoms. The van der Waals surface area contributed by atoms with Crippen molar-refractivity contribution in [2.75, 3.05) is 45.2 Å². The van der Waals surface area contributed by atoms with Crippen LogP contribution in [0, 0.1) is 11.8 Å². The van der Waals surface area contributed by atoms with Gasteiger partial charge in [-0.25, -0.2) is 0 Å². The Labute approximate surface area is 142 Å². The van der Waals surface area contributed by atoms with Crippen molar-refractivity contribution >= 4 is 17.5 Å². The highest BCUT2D eigenvalue weighted by Gasteiger charge is 2.49. The lowest BCUT2D eigenvalue weighted by atomic mass is 10.2. The minimum Gasteiger partial charge on any atom is -0.492 e. The van der Waals surface area contributed by atoms with Crippen LogP contribution >= 0.6 is 0 Å². The summed E-state index contributed by atoms with van der Waals surface area (Å²) in [5.41, 5.74) is 0.669. The number of anilines is 1. The number of piperazine rings is 1. The molecule has 6 nitrogen and oxygen atoms in total. The van der Waals surface area contributed by atoms with Gasteiger partial charge in [-0.15, -0.1) is 0 Å². The van der Waals surface area contributed by atoms with E-state index in [-0.39, 0.29) is 23.7 Å². The molecule has 3 rings (SSSR count). The van der Waals surface area contributed by atoms with E-state index in [1.54, 1.807) is 0 Å². The van der Waals surface area contributed by atoms with Crippen LogP contribution in [-0.4, -0.2) is 61.4 Å². The maximum atomic E-state index is 12.5. The predicted molar refractivity (Wildman–Crippen MR) is 91.9 cm³/mol. The molecule has 2 unspecified atom stereocenters. The van der Waals surface area contributed by atoms with E-state index < -0.39 is 0 Å². The summed E-state index contributed by atoms with van der Waals surface area (Å²) < 4.78 is 5.52. The van der Waals surface area contributed by atoms with Crippen molar-refractivity contribution in [1.82, 2.24) is 9.80 Å². The third-order valence-corrected chi connectivity index (χ3v) is 4.70. The first-order valence-electron chi connectivity index (χ1n) is 8.60. The molecule has 2 fully saturated rings. The molecule has 2 aliphatic rings. The average Bonchev–Trinajstić information content (AvgIpc) is 3.38. The Balaban J connectivity index is 1.55. The zero-order valence-electron chi connectivity index (χ0n) is 14.3. The minimum absolute atomic E-state index is 0.0883. The first-order chi connectivity index (χ1) is 11.6. The van der Waals surface area contributed by atoms with E-state index in [0.29, 0.717) is 24.5 Å². The molecule has 1 aromatic rings. The van der Waals surface area contributed by atoms with E-state index in [4.69, 9.17) is 4.74 Å². The summed E-state index contributed by atoms with van der Waals surface area (Å²) in [4.78, 5) is 29.1. The Morgan fingerprint density at radius 1 is 1.17 bits per heavy atom. The molecule has 0 radical (unpaired) electrons. The zero-order chi connectivity index (χ0) is 17.1. The molecule has 130 valence electrons. The Morgan fingerprint density at radius 3 is 2.58 bits per heavy atom. The van der Waals surface area contributed by atoms with Gasteiger partial charge < -0.3 is 19.9 Å². The van der Waals surface area contributed by atoms with Crippen molar-refractivity contribution in [3.63, 3.8) is 0 Å². The number of benzene rings is 1. The summed E-state index contributed by atoms with van der Waals surface area (Å²) in [5, 5.41) is 2.91. The quantitative estimate of drug-likeness (QED) is 0.887. The summed E-state index contributed by atoms with van der Waals surface area (Å²) in [6.07, 6.45) is 0.647. The molecule has 1 aliphatic heterocycles. The van der Waals surface area contributed by atoms with Crippen LogP contribution in [0.15, 0.2) is 24.3 Å². The fraction of sp³-hybridized carbons (Fsp3) is 0.556. The fourth-order valence-corrected chi connectivity index (χ4v) is 3.10. The highest BCUT2D eigenvalue weighted by atomic mass is 16.5. The van der Waals surface area contributed by atoms with Gasteiger partial charge in [0.05, 0.1) is 24.1 Å². The van der Waals surface area contributed by atoms with E-state index in [1.165, 1.54) is 0 Å². The Bertz CT molecular complexity index is 611. The van der Waals surface area contributed by atoms with E-state index >= 15 is 0 Å². The second kappa shape index (κ2) is 7.21. The van der Waals surface area contributed by atoms with Gasteiger partial charge in [0.2, 0.25) is 11.8 Å². The lowest BCUT2D eigenvalue weighted by Gasteiger charge is -2.32. The zero-order valence-corrected chi connectivity index (χ0v) is 14.3. The fourth-order valence-electron chi connectivity index (χ4n) is 3.10. The van der Waals surface area contributed by atoms with E-state index in [0.717, 1.165) is 26.2 Å². The first-order valence-corrected chi connectivity index (χ1v) is 8.60. The lowest BCUT2D eigenvalue weighted by Crippen LogP contribution is -2.48. The second-order valence-electron chi connectivity index (χ2n) is 6.50. The Kier molecular flexibility index (Phi) is 5.04. The number of hydrogen-bond donors (Lipinski definition) is 1. The molecular formula is C18H25N3O3. The van der Waals surface area contributed by atoms with Crippen molar-refractivity contribution in [2.45, 2.75) is 13.3 Å². The number of rotatable bonds is 5. The third kappa shape index (κ3) is 3.70. The molecule has 2 amide bonds. The van der Waals surface area contributed by atoms with Gasteiger partial charge in [-0.05, 0) is 32.5 Å². The van der Waals surface area contributed by atoms with Gasteiger partial charge in [0.15, 0.2) is 0 Å². The van der Waals surface area contributed by atoms with Crippen LogP contribution in [-0.2, 0) is 9.59 Å². The van der Waals surface area contributed by atoms with Crippen molar-refractivity contribution in [3.05, 3.63) is 24.3 Å². The van der Waals surface area contributed by atoms with E-state index in [2.05, 4.69) is 17.3 Å². The first kappa shape index (κ1) is 16.8. The van der Waals surface area contributed by atoms with Crippen LogP contribution in [0.2, 0.25) is 0 Å². The summed E-state index contributed by atoms with van der Waals surface area (Å²) >= 11 is 0. The number of carbonyl (C=O) groups is 2. The topological polar surface area (TPSA) is 61.9 Å². The van der Waals surface area contributed by atoms with E-state index in [9.17, 15) is 9.59 Å². The summed E-state index contributed by atoms with van der Waals surface area (Å²) in [7, 11) is 2.06. The monoisotopic (exact) mass is 331 g/mol.